The number of fused-ring (bicyclic) bond motifs is 1. The maximum atomic E-state index is 5.87. The molecule has 2 aromatic rings. The molecule has 1 aromatic carbocycles. The topological polar surface area (TPSA) is 52.0 Å². The average Bonchev–Trinajstić information content (AvgIpc) is 2.81. The number of hydrogen-bond donors (Lipinski definition) is 1. The predicted molar refractivity (Wildman–Crippen MR) is 74.2 cm³/mol. The van der Waals surface area contributed by atoms with Crippen LogP contribution >= 0.6 is 15.9 Å². The van der Waals surface area contributed by atoms with E-state index in [2.05, 4.69) is 20.9 Å². The van der Waals surface area contributed by atoms with Gasteiger partial charge >= 0.3 is 0 Å². The Labute approximate surface area is 115 Å². The molecule has 1 aromatic heterocycles. The first-order chi connectivity index (χ1) is 8.76. The lowest BCUT2D eigenvalue weighted by molar-refractivity contribution is 0.413. The van der Waals surface area contributed by atoms with Gasteiger partial charge in [0.1, 0.15) is 5.76 Å². The Balaban J connectivity index is 1.94. The van der Waals surface area contributed by atoms with Gasteiger partial charge in [-0.1, -0.05) is 22.0 Å². The highest BCUT2D eigenvalue weighted by Gasteiger charge is 2.23. The summed E-state index contributed by atoms with van der Waals surface area (Å²) in [5.41, 5.74) is 7.84. The fourth-order valence-corrected chi connectivity index (χ4v) is 2.79. The predicted octanol–water partition coefficient (Wildman–Crippen LogP) is 3.17. The fraction of sp³-hybridized carbons (Fsp3) is 0.357. The lowest BCUT2D eigenvalue weighted by atomic mass is 9.90. The van der Waals surface area contributed by atoms with Crippen LogP contribution in [0.3, 0.4) is 0 Å². The Hall–Kier alpha value is -1.13. The lowest BCUT2D eigenvalue weighted by Gasteiger charge is -2.17. The summed E-state index contributed by atoms with van der Waals surface area (Å²) in [6, 6.07) is 8.03. The molecule has 0 spiro atoms. The van der Waals surface area contributed by atoms with Crippen LogP contribution in [0, 0.1) is 5.92 Å². The molecule has 0 aliphatic heterocycles. The molecule has 2 N–H and O–H groups in total. The van der Waals surface area contributed by atoms with Crippen LogP contribution in [-0.4, -0.2) is 11.5 Å². The average molecular weight is 307 g/mol. The second-order valence-corrected chi connectivity index (χ2v) is 5.66. The van der Waals surface area contributed by atoms with Gasteiger partial charge in [0.2, 0.25) is 5.89 Å². The van der Waals surface area contributed by atoms with Crippen molar-refractivity contribution in [1.82, 2.24) is 4.98 Å². The molecule has 1 heterocycles. The first kappa shape index (κ1) is 11.9. The summed E-state index contributed by atoms with van der Waals surface area (Å²) in [5.74, 6) is 2.31. The number of oxazole rings is 1. The monoisotopic (exact) mass is 306 g/mol. The number of nitrogens with zero attached hydrogens (tertiary/aromatic N) is 1. The molecule has 1 unspecified atom stereocenters. The summed E-state index contributed by atoms with van der Waals surface area (Å²) in [7, 11) is 0. The zero-order valence-corrected chi connectivity index (χ0v) is 11.6. The van der Waals surface area contributed by atoms with E-state index < -0.39 is 0 Å². The Bertz CT molecular complexity index is 565. The normalized spacial score (nSPS) is 18.7. The summed E-state index contributed by atoms with van der Waals surface area (Å²) < 4.78 is 6.91. The van der Waals surface area contributed by atoms with Crippen molar-refractivity contribution < 1.29 is 4.42 Å². The van der Waals surface area contributed by atoms with E-state index in [4.69, 9.17) is 10.2 Å². The molecule has 0 radical (unpaired) electrons. The zero-order valence-electron chi connectivity index (χ0n) is 10.0. The molecule has 0 saturated carbocycles. The molecule has 3 rings (SSSR count). The van der Waals surface area contributed by atoms with Gasteiger partial charge < -0.3 is 10.2 Å². The minimum atomic E-state index is 0.554. The van der Waals surface area contributed by atoms with Crippen molar-refractivity contribution in [1.29, 1.82) is 0 Å². The molecular formula is C14H15BrN2O. The summed E-state index contributed by atoms with van der Waals surface area (Å²) in [6.07, 6.45) is 3.01. The summed E-state index contributed by atoms with van der Waals surface area (Å²) >= 11 is 3.47. The Kier molecular flexibility index (Phi) is 3.22. The van der Waals surface area contributed by atoms with Crippen LogP contribution in [-0.2, 0) is 12.8 Å². The van der Waals surface area contributed by atoms with Crippen LogP contribution in [0.5, 0.6) is 0 Å². The van der Waals surface area contributed by atoms with E-state index in [1.807, 2.05) is 24.3 Å². The van der Waals surface area contributed by atoms with Crippen molar-refractivity contribution >= 4 is 15.9 Å². The highest BCUT2D eigenvalue weighted by Crippen LogP contribution is 2.30. The Morgan fingerprint density at radius 2 is 2.33 bits per heavy atom. The molecule has 1 aliphatic rings. The summed E-state index contributed by atoms with van der Waals surface area (Å²) in [6.45, 7) is 0.735. The van der Waals surface area contributed by atoms with Crippen LogP contribution in [0.2, 0.25) is 0 Å². The molecule has 94 valence electrons. The number of hydrogen-bond acceptors (Lipinski definition) is 3. The van der Waals surface area contributed by atoms with Crippen molar-refractivity contribution in [3.63, 3.8) is 0 Å². The van der Waals surface area contributed by atoms with Crippen LogP contribution in [0.4, 0.5) is 0 Å². The number of nitrogens with two attached hydrogens (primary N) is 1. The van der Waals surface area contributed by atoms with E-state index >= 15 is 0 Å². The van der Waals surface area contributed by atoms with Gasteiger partial charge in [0.05, 0.1) is 5.69 Å². The van der Waals surface area contributed by atoms with E-state index in [0.29, 0.717) is 5.92 Å². The molecule has 0 fully saturated rings. The van der Waals surface area contributed by atoms with E-state index in [0.717, 1.165) is 53.2 Å². The molecule has 0 amide bonds. The van der Waals surface area contributed by atoms with Crippen molar-refractivity contribution in [3.8, 4) is 11.5 Å². The third-order valence-corrected chi connectivity index (χ3v) is 3.94. The van der Waals surface area contributed by atoms with Crippen molar-refractivity contribution in [2.24, 2.45) is 11.7 Å². The third kappa shape index (κ3) is 2.22. The molecule has 18 heavy (non-hydrogen) atoms. The van der Waals surface area contributed by atoms with Crippen molar-refractivity contribution in [2.75, 3.05) is 6.54 Å². The highest BCUT2D eigenvalue weighted by molar-refractivity contribution is 9.10. The smallest absolute Gasteiger partial charge is 0.226 e. The number of aryl methyl sites for hydroxylation is 1. The van der Waals surface area contributed by atoms with Crippen molar-refractivity contribution in [2.45, 2.75) is 19.3 Å². The summed E-state index contributed by atoms with van der Waals surface area (Å²) in [4.78, 5) is 4.62. The highest BCUT2D eigenvalue weighted by atomic mass is 79.9. The Morgan fingerprint density at radius 3 is 3.11 bits per heavy atom. The largest absolute Gasteiger partial charge is 0.441 e. The number of rotatable bonds is 2. The summed E-state index contributed by atoms with van der Waals surface area (Å²) in [5, 5.41) is 0. The standard InChI is InChI=1S/C14H15BrN2O/c15-11-3-1-2-10(7-11)14-17-12-6-9(8-16)4-5-13(12)18-14/h1-3,7,9H,4-6,8,16H2. The molecular weight excluding hydrogens is 292 g/mol. The zero-order chi connectivity index (χ0) is 12.5. The number of aromatic nitrogens is 1. The van der Waals surface area contributed by atoms with Gasteiger partial charge in [0.25, 0.3) is 0 Å². The van der Waals surface area contributed by atoms with Gasteiger partial charge in [0, 0.05) is 16.5 Å². The molecule has 1 aliphatic carbocycles. The molecule has 4 heteroatoms. The second kappa shape index (κ2) is 4.86. The minimum absolute atomic E-state index is 0.554. The maximum Gasteiger partial charge on any atom is 0.226 e. The number of benzene rings is 1. The van der Waals surface area contributed by atoms with E-state index in [1.165, 1.54) is 0 Å². The molecule has 0 saturated heterocycles. The lowest BCUT2D eigenvalue weighted by Crippen LogP contribution is -2.21. The molecule has 1 atom stereocenters. The van der Waals surface area contributed by atoms with Crippen LogP contribution in [0.25, 0.3) is 11.5 Å². The van der Waals surface area contributed by atoms with Gasteiger partial charge in [0.15, 0.2) is 0 Å². The Morgan fingerprint density at radius 1 is 1.44 bits per heavy atom. The first-order valence-electron chi connectivity index (χ1n) is 6.21. The minimum Gasteiger partial charge on any atom is -0.441 e. The number of halogens is 1. The van der Waals surface area contributed by atoms with Crippen LogP contribution in [0.15, 0.2) is 33.2 Å². The third-order valence-electron chi connectivity index (χ3n) is 3.44. The van der Waals surface area contributed by atoms with Crippen LogP contribution < -0.4 is 5.73 Å². The quantitative estimate of drug-likeness (QED) is 0.927. The SMILES string of the molecule is NCC1CCc2oc(-c3cccc(Br)c3)nc2C1. The van der Waals surface area contributed by atoms with Gasteiger partial charge in [-0.05, 0) is 43.5 Å². The van der Waals surface area contributed by atoms with E-state index in [9.17, 15) is 0 Å². The first-order valence-corrected chi connectivity index (χ1v) is 7.00. The maximum absolute atomic E-state index is 5.87. The van der Waals surface area contributed by atoms with Gasteiger partial charge in [-0.25, -0.2) is 4.98 Å². The van der Waals surface area contributed by atoms with E-state index in [-0.39, 0.29) is 0 Å². The van der Waals surface area contributed by atoms with Gasteiger partial charge in [-0.3, -0.25) is 0 Å². The van der Waals surface area contributed by atoms with E-state index in [1.54, 1.807) is 0 Å². The van der Waals surface area contributed by atoms with Crippen LogP contribution in [0.1, 0.15) is 17.9 Å². The molecule has 3 nitrogen and oxygen atoms in total. The second-order valence-electron chi connectivity index (χ2n) is 4.74. The molecule has 0 bridgehead atoms. The van der Waals surface area contributed by atoms with Gasteiger partial charge in [-0.2, -0.15) is 0 Å². The van der Waals surface area contributed by atoms with Gasteiger partial charge in [-0.15, -0.1) is 0 Å². The van der Waals surface area contributed by atoms with Crippen molar-refractivity contribution in [3.05, 3.63) is 40.2 Å². The fourth-order valence-electron chi connectivity index (χ4n) is 2.40.